The van der Waals surface area contributed by atoms with Gasteiger partial charge in [-0.25, -0.2) is 0 Å². The number of halogens is 3. The molecule has 1 aromatic rings. The number of rotatable bonds is 1. The molecule has 0 aliphatic heterocycles. The first kappa shape index (κ1) is 12.9. The van der Waals surface area contributed by atoms with E-state index in [4.69, 9.17) is 0 Å². The van der Waals surface area contributed by atoms with Gasteiger partial charge in [-0.2, -0.15) is 17.5 Å². The average molecular weight is 249 g/mol. The lowest BCUT2D eigenvalue weighted by atomic mass is 10.2. The van der Waals surface area contributed by atoms with Gasteiger partial charge in [0.15, 0.2) is 0 Å². The SMILES string of the molecule is CC(=O)N=S(c1ccc(C)cc1)C(F)(F)F. The van der Waals surface area contributed by atoms with Crippen LogP contribution in [-0.4, -0.2) is 11.4 Å². The predicted octanol–water partition coefficient (Wildman–Crippen LogP) is 3.22. The summed E-state index contributed by atoms with van der Waals surface area (Å²) in [5, 5.41) is 0. The molecule has 0 N–H and O–H groups in total. The number of aryl methyl sites for hydroxylation is 1. The summed E-state index contributed by atoms with van der Waals surface area (Å²) in [7, 11) is -2.37. The Kier molecular flexibility index (Phi) is 3.85. The van der Waals surface area contributed by atoms with E-state index in [1.807, 2.05) is 0 Å². The van der Waals surface area contributed by atoms with Gasteiger partial charge >= 0.3 is 5.51 Å². The molecular weight excluding hydrogens is 239 g/mol. The summed E-state index contributed by atoms with van der Waals surface area (Å²) in [6.07, 6.45) is 0. The molecule has 16 heavy (non-hydrogen) atoms. The van der Waals surface area contributed by atoms with E-state index in [1.165, 1.54) is 12.1 Å². The Morgan fingerprint density at radius 2 is 1.75 bits per heavy atom. The maximum Gasteiger partial charge on any atom is 0.457 e. The number of carbonyl (C=O) groups excluding carboxylic acids is 1. The first-order valence-corrected chi connectivity index (χ1v) is 5.59. The van der Waals surface area contributed by atoms with Gasteiger partial charge in [0.1, 0.15) is 0 Å². The van der Waals surface area contributed by atoms with Crippen molar-refractivity contribution in [1.29, 1.82) is 0 Å². The van der Waals surface area contributed by atoms with E-state index in [1.54, 1.807) is 19.1 Å². The van der Waals surface area contributed by atoms with Crippen LogP contribution in [0.2, 0.25) is 0 Å². The molecule has 0 aliphatic carbocycles. The van der Waals surface area contributed by atoms with E-state index in [0.29, 0.717) is 0 Å². The van der Waals surface area contributed by atoms with Crippen LogP contribution in [0.3, 0.4) is 0 Å². The third-order valence-electron chi connectivity index (χ3n) is 1.68. The highest BCUT2D eigenvalue weighted by Gasteiger charge is 2.36. The lowest BCUT2D eigenvalue weighted by molar-refractivity contribution is -0.115. The lowest BCUT2D eigenvalue weighted by Gasteiger charge is -2.11. The minimum atomic E-state index is -4.51. The first-order chi connectivity index (χ1) is 7.30. The molecular formula is C10H10F3NOS. The van der Waals surface area contributed by atoms with Crippen LogP contribution < -0.4 is 0 Å². The van der Waals surface area contributed by atoms with E-state index in [2.05, 4.69) is 4.36 Å². The van der Waals surface area contributed by atoms with E-state index in [9.17, 15) is 18.0 Å². The van der Waals surface area contributed by atoms with Crippen molar-refractivity contribution in [1.82, 2.24) is 0 Å². The summed E-state index contributed by atoms with van der Waals surface area (Å²) in [6, 6.07) is 5.82. The molecule has 6 heteroatoms. The summed E-state index contributed by atoms with van der Waals surface area (Å²) in [5.74, 6) is -0.818. The Labute approximate surface area is 93.6 Å². The molecule has 0 bridgehead atoms. The molecule has 2 nitrogen and oxygen atoms in total. The highest BCUT2D eigenvalue weighted by molar-refractivity contribution is 7.88. The van der Waals surface area contributed by atoms with Crippen molar-refractivity contribution in [3.63, 3.8) is 0 Å². The van der Waals surface area contributed by atoms with Crippen LogP contribution in [0.1, 0.15) is 12.5 Å². The molecule has 0 saturated heterocycles. The van der Waals surface area contributed by atoms with Crippen molar-refractivity contribution in [2.24, 2.45) is 4.36 Å². The Bertz CT molecular complexity index is 423. The standard InChI is InChI=1S/C10H10F3NOS/c1-7-3-5-9(6-4-7)16(10(11,12)13)14-8(2)15/h3-6H,1-2H3. The normalized spacial score (nSPS) is 13.8. The van der Waals surface area contributed by atoms with Gasteiger partial charge in [0.05, 0.1) is 0 Å². The highest BCUT2D eigenvalue weighted by atomic mass is 32.2. The maximum absolute atomic E-state index is 12.6. The van der Waals surface area contributed by atoms with Gasteiger partial charge in [-0.3, -0.25) is 4.79 Å². The summed E-state index contributed by atoms with van der Waals surface area (Å²) < 4.78 is 41.0. The smallest absolute Gasteiger partial charge is 0.272 e. The lowest BCUT2D eigenvalue weighted by Crippen LogP contribution is -2.17. The highest BCUT2D eigenvalue weighted by Crippen LogP contribution is 2.28. The molecule has 1 rings (SSSR count). The largest absolute Gasteiger partial charge is 0.457 e. The fraction of sp³-hybridized carbons (Fsp3) is 0.300. The molecule has 88 valence electrons. The Hall–Kier alpha value is -1.17. The number of hydrogen-bond acceptors (Lipinski definition) is 1. The third-order valence-corrected chi connectivity index (χ3v) is 3.28. The molecule has 0 aliphatic rings. The molecule has 1 aromatic carbocycles. The summed E-state index contributed by atoms with van der Waals surface area (Å²) in [5.41, 5.74) is -3.65. The van der Waals surface area contributed by atoms with Crippen LogP contribution in [0.4, 0.5) is 13.2 Å². The van der Waals surface area contributed by atoms with Crippen molar-refractivity contribution < 1.29 is 18.0 Å². The zero-order chi connectivity index (χ0) is 12.3. The van der Waals surface area contributed by atoms with Crippen molar-refractivity contribution in [2.45, 2.75) is 24.3 Å². The Morgan fingerprint density at radius 3 is 2.12 bits per heavy atom. The van der Waals surface area contributed by atoms with Crippen molar-refractivity contribution in [3.8, 4) is 0 Å². The van der Waals surface area contributed by atoms with E-state index < -0.39 is 22.1 Å². The maximum atomic E-state index is 12.6. The zero-order valence-corrected chi connectivity index (χ0v) is 9.52. The third kappa shape index (κ3) is 3.44. The number of alkyl halides is 3. The van der Waals surface area contributed by atoms with Gasteiger partial charge in [-0.05, 0) is 19.1 Å². The first-order valence-electron chi connectivity index (χ1n) is 4.41. The minimum Gasteiger partial charge on any atom is -0.272 e. The van der Waals surface area contributed by atoms with Gasteiger partial charge in [-0.15, -0.1) is 0 Å². The van der Waals surface area contributed by atoms with Gasteiger partial charge in [0.2, 0.25) is 5.91 Å². The van der Waals surface area contributed by atoms with Gasteiger partial charge in [-0.1, -0.05) is 17.7 Å². The molecule has 0 aromatic heterocycles. The summed E-state index contributed by atoms with van der Waals surface area (Å²) >= 11 is 0. The fourth-order valence-electron chi connectivity index (χ4n) is 1.03. The number of benzene rings is 1. The quantitative estimate of drug-likeness (QED) is 0.751. The number of nitrogens with zero attached hydrogens (tertiary/aromatic N) is 1. The predicted molar refractivity (Wildman–Crippen MR) is 56.0 cm³/mol. The Balaban J connectivity index is 3.23. The van der Waals surface area contributed by atoms with Crippen molar-refractivity contribution in [2.75, 3.05) is 0 Å². The molecule has 1 amide bonds. The van der Waals surface area contributed by atoms with Gasteiger partial charge < -0.3 is 0 Å². The molecule has 0 fully saturated rings. The van der Waals surface area contributed by atoms with E-state index >= 15 is 0 Å². The van der Waals surface area contributed by atoms with Crippen LogP contribution in [0, 0.1) is 6.92 Å². The molecule has 0 heterocycles. The number of amides is 1. The summed E-state index contributed by atoms with van der Waals surface area (Å²) in [4.78, 5) is 10.7. The second-order valence-corrected chi connectivity index (χ2v) is 4.84. The van der Waals surface area contributed by atoms with Crippen LogP contribution in [0.25, 0.3) is 0 Å². The minimum absolute atomic E-state index is 0.00769. The number of hydrogen-bond donors (Lipinski definition) is 0. The zero-order valence-electron chi connectivity index (χ0n) is 8.71. The van der Waals surface area contributed by atoms with E-state index in [-0.39, 0.29) is 4.90 Å². The second kappa shape index (κ2) is 4.78. The average Bonchev–Trinajstić information content (AvgIpc) is 2.14. The summed E-state index contributed by atoms with van der Waals surface area (Å²) in [6.45, 7) is 2.79. The number of carbonyl (C=O) groups is 1. The molecule has 0 radical (unpaired) electrons. The topological polar surface area (TPSA) is 29.4 Å². The molecule has 0 saturated carbocycles. The van der Waals surface area contributed by atoms with Crippen LogP contribution in [-0.2, 0) is 15.5 Å². The van der Waals surface area contributed by atoms with E-state index in [0.717, 1.165) is 12.5 Å². The van der Waals surface area contributed by atoms with Crippen LogP contribution >= 0.6 is 0 Å². The van der Waals surface area contributed by atoms with Gasteiger partial charge in [0, 0.05) is 22.5 Å². The van der Waals surface area contributed by atoms with Crippen LogP contribution in [0.5, 0.6) is 0 Å². The van der Waals surface area contributed by atoms with Crippen molar-refractivity contribution in [3.05, 3.63) is 29.8 Å². The monoisotopic (exact) mass is 249 g/mol. The molecule has 1 unspecified atom stereocenters. The fourth-order valence-corrected chi connectivity index (χ4v) is 2.16. The Morgan fingerprint density at radius 1 is 1.25 bits per heavy atom. The second-order valence-electron chi connectivity index (χ2n) is 3.15. The van der Waals surface area contributed by atoms with Crippen molar-refractivity contribution >= 4 is 16.6 Å². The van der Waals surface area contributed by atoms with Gasteiger partial charge in [0.25, 0.3) is 0 Å². The molecule has 0 spiro atoms. The van der Waals surface area contributed by atoms with Crippen LogP contribution in [0.15, 0.2) is 33.5 Å². The molecule has 1 atom stereocenters.